The third kappa shape index (κ3) is 2.01. The number of aliphatic hydroxyl groups excluding tert-OH is 1. The van der Waals surface area contributed by atoms with Gasteiger partial charge >= 0.3 is 0 Å². The van der Waals surface area contributed by atoms with Crippen LogP contribution in [0.1, 0.15) is 18.5 Å². The zero-order valence-electron chi connectivity index (χ0n) is 8.35. The Morgan fingerprint density at radius 2 is 2.29 bits per heavy atom. The number of aromatic nitrogens is 2. The van der Waals surface area contributed by atoms with E-state index in [0.29, 0.717) is 6.54 Å². The van der Waals surface area contributed by atoms with Crippen LogP contribution in [0, 0.1) is 6.92 Å². The summed E-state index contributed by atoms with van der Waals surface area (Å²) in [7, 11) is 0. The summed E-state index contributed by atoms with van der Waals surface area (Å²) in [6.07, 6.45) is 1.71. The highest BCUT2D eigenvalue weighted by molar-refractivity contribution is 5.37. The fraction of sp³-hybridized carbons (Fsp3) is 0.600. The van der Waals surface area contributed by atoms with Crippen LogP contribution in [0.4, 0.5) is 5.82 Å². The van der Waals surface area contributed by atoms with Crippen molar-refractivity contribution in [2.24, 2.45) is 0 Å². The lowest BCUT2D eigenvalue weighted by Gasteiger charge is -2.30. The summed E-state index contributed by atoms with van der Waals surface area (Å²) < 4.78 is 0. The van der Waals surface area contributed by atoms with Crippen LogP contribution in [0.15, 0.2) is 12.1 Å². The lowest BCUT2D eigenvalue weighted by Crippen LogP contribution is -2.38. The molecule has 0 saturated carbocycles. The number of β-amino-alcohol motifs (C(OH)–C–C–N with tert-alkyl or cyclic N) is 1. The van der Waals surface area contributed by atoms with E-state index in [1.807, 2.05) is 19.1 Å². The number of anilines is 1. The molecule has 4 nitrogen and oxygen atoms in total. The minimum atomic E-state index is -0.216. The summed E-state index contributed by atoms with van der Waals surface area (Å²) in [6.45, 7) is 3.56. The molecule has 1 aromatic heterocycles. The molecule has 2 heterocycles. The van der Waals surface area contributed by atoms with E-state index in [-0.39, 0.29) is 6.10 Å². The molecule has 1 aliphatic rings. The van der Waals surface area contributed by atoms with Gasteiger partial charge < -0.3 is 10.0 Å². The second-order valence-electron chi connectivity index (χ2n) is 3.77. The Balaban J connectivity index is 2.10. The summed E-state index contributed by atoms with van der Waals surface area (Å²) in [5.74, 6) is 0.870. The van der Waals surface area contributed by atoms with Gasteiger partial charge in [-0.2, -0.15) is 5.10 Å². The van der Waals surface area contributed by atoms with Gasteiger partial charge in [-0.25, -0.2) is 0 Å². The molecule has 0 amide bonds. The molecule has 76 valence electrons. The predicted octanol–water partition coefficient (Wildman–Crippen LogP) is 0.746. The Labute approximate surface area is 83.6 Å². The van der Waals surface area contributed by atoms with Crippen LogP contribution in [0.25, 0.3) is 0 Å². The van der Waals surface area contributed by atoms with Gasteiger partial charge in [-0.15, -0.1) is 5.10 Å². The lowest BCUT2D eigenvalue weighted by atomic mass is 10.1. The van der Waals surface area contributed by atoms with E-state index in [1.165, 1.54) is 0 Å². The van der Waals surface area contributed by atoms with Crippen molar-refractivity contribution >= 4 is 5.82 Å². The Morgan fingerprint density at radius 3 is 2.93 bits per heavy atom. The van der Waals surface area contributed by atoms with Crippen LogP contribution < -0.4 is 4.90 Å². The third-order valence-corrected chi connectivity index (χ3v) is 2.50. The van der Waals surface area contributed by atoms with Crippen LogP contribution in [0.5, 0.6) is 0 Å². The van der Waals surface area contributed by atoms with Gasteiger partial charge in [0.05, 0.1) is 11.8 Å². The highest BCUT2D eigenvalue weighted by atomic mass is 16.3. The maximum absolute atomic E-state index is 9.51. The molecular formula is C10H15N3O. The van der Waals surface area contributed by atoms with E-state index in [4.69, 9.17) is 0 Å². The van der Waals surface area contributed by atoms with Crippen molar-refractivity contribution in [1.82, 2.24) is 10.2 Å². The molecule has 1 saturated heterocycles. The van der Waals surface area contributed by atoms with Gasteiger partial charge in [0.25, 0.3) is 0 Å². The Morgan fingerprint density at radius 1 is 1.43 bits per heavy atom. The molecule has 1 atom stereocenters. The van der Waals surface area contributed by atoms with Crippen molar-refractivity contribution in [2.45, 2.75) is 25.9 Å². The summed E-state index contributed by atoms with van der Waals surface area (Å²) >= 11 is 0. The Bertz CT molecular complexity index is 299. The molecule has 0 bridgehead atoms. The first-order valence-corrected chi connectivity index (χ1v) is 4.99. The van der Waals surface area contributed by atoms with E-state index in [1.54, 1.807) is 0 Å². The summed E-state index contributed by atoms with van der Waals surface area (Å²) in [6, 6.07) is 3.91. The van der Waals surface area contributed by atoms with Crippen molar-refractivity contribution < 1.29 is 5.11 Å². The van der Waals surface area contributed by atoms with E-state index in [9.17, 15) is 5.11 Å². The van der Waals surface area contributed by atoms with Crippen LogP contribution in [-0.2, 0) is 0 Å². The van der Waals surface area contributed by atoms with Crippen LogP contribution in [0.2, 0.25) is 0 Å². The average Bonchev–Trinajstić information content (AvgIpc) is 2.19. The van der Waals surface area contributed by atoms with E-state index in [0.717, 1.165) is 30.9 Å². The number of piperidine rings is 1. The Hall–Kier alpha value is -1.16. The normalized spacial score (nSPS) is 22.4. The SMILES string of the molecule is Cc1ccc(N2CCCC(O)C2)nn1. The van der Waals surface area contributed by atoms with E-state index in [2.05, 4.69) is 15.1 Å². The molecule has 0 radical (unpaired) electrons. The summed E-state index contributed by atoms with van der Waals surface area (Å²) in [4.78, 5) is 2.08. The Kier molecular flexibility index (Phi) is 2.63. The minimum Gasteiger partial charge on any atom is -0.391 e. The van der Waals surface area contributed by atoms with Crippen LogP contribution >= 0.6 is 0 Å². The van der Waals surface area contributed by atoms with Gasteiger partial charge in [-0.1, -0.05) is 0 Å². The van der Waals surface area contributed by atoms with Gasteiger partial charge in [0.15, 0.2) is 5.82 Å². The molecule has 1 fully saturated rings. The highest BCUT2D eigenvalue weighted by Gasteiger charge is 2.18. The van der Waals surface area contributed by atoms with E-state index < -0.39 is 0 Å². The molecule has 0 spiro atoms. The van der Waals surface area contributed by atoms with Crippen molar-refractivity contribution in [3.05, 3.63) is 17.8 Å². The molecule has 0 aromatic carbocycles. The van der Waals surface area contributed by atoms with Gasteiger partial charge in [-0.3, -0.25) is 0 Å². The molecule has 1 N–H and O–H groups in total. The number of aliphatic hydroxyl groups is 1. The largest absolute Gasteiger partial charge is 0.391 e. The lowest BCUT2D eigenvalue weighted by molar-refractivity contribution is 0.154. The number of aryl methyl sites for hydroxylation is 1. The maximum Gasteiger partial charge on any atom is 0.151 e. The fourth-order valence-electron chi connectivity index (χ4n) is 1.72. The third-order valence-electron chi connectivity index (χ3n) is 2.50. The maximum atomic E-state index is 9.51. The molecule has 2 rings (SSSR count). The first kappa shape index (κ1) is 9.40. The van der Waals surface area contributed by atoms with Gasteiger partial charge in [-0.05, 0) is 31.9 Å². The van der Waals surface area contributed by atoms with E-state index >= 15 is 0 Å². The van der Waals surface area contributed by atoms with Crippen LogP contribution in [-0.4, -0.2) is 34.5 Å². The molecule has 1 unspecified atom stereocenters. The number of hydrogen-bond donors (Lipinski definition) is 1. The first-order valence-electron chi connectivity index (χ1n) is 4.99. The predicted molar refractivity (Wildman–Crippen MR) is 54.2 cm³/mol. The minimum absolute atomic E-state index is 0.216. The van der Waals surface area contributed by atoms with Crippen molar-refractivity contribution in [1.29, 1.82) is 0 Å². The standard InChI is InChI=1S/C10H15N3O/c1-8-4-5-10(12-11-8)13-6-2-3-9(14)7-13/h4-5,9,14H,2-3,6-7H2,1H3. The second kappa shape index (κ2) is 3.92. The number of nitrogens with zero attached hydrogens (tertiary/aromatic N) is 3. The molecule has 4 heteroatoms. The van der Waals surface area contributed by atoms with Gasteiger partial charge in [0.1, 0.15) is 0 Å². The van der Waals surface area contributed by atoms with Crippen molar-refractivity contribution in [2.75, 3.05) is 18.0 Å². The molecule has 0 aliphatic carbocycles. The molecular weight excluding hydrogens is 178 g/mol. The second-order valence-corrected chi connectivity index (χ2v) is 3.77. The average molecular weight is 193 g/mol. The van der Waals surface area contributed by atoms with Gasteiger partial charge in [0, 0.05) is 13.1 Å². The molecule has 1 aromatic rings. The smallest absolute Gasteiger partial charge is 0.151 e. The quantitative estimate of drug-likeness (QED) is 0.715. The van der Waals surface area contributed by atoms with Crippen LogP contribution in [0.3, 0.4) is 0 Å². The summed E-state index contributed by atoms with van der Waals surface area (Å²) in [5, 5.41) is 17.6. The topological polar surface area (TPSA) is 49.2 Å². The van der Waals surface area contributed by atoms with Crippen molar-refractivity contribution in [3.8, 4) is 0 Å². The monoisotopic (exact) mass is 193 g/mol. The van der Waals surface area contributed by atoms with Gasteiger partial charge in [0.2, 0.25) is 0 Å². The fourth-order valence-corrected chi connectivity index (χ4v) is 1.72. The van der Waals surface area contributed by atoms with Crippen molar-refractivity contribution in [3.63, 3.8) is 0 Å². The first-order chi connectivity index (χ1) is 6.75. The highest BCUT2D eigenvalue weighted by Crippen LogP contribution is 2.16. The molecule has 1 aliphatic heterocycles. The summed E-state index contributed by atoms with van der Waals surface area (Å²) in [5.41, 5.74) is 0.923. The zero-order chi connectivity index (χ0) is 9.97. The number of rotatable bonds is 1. The molecule has 14 heavy (non-hydrogen) atoms. The zero-order valence-corrected chi connectivity index (χ0v) is 8.35. The number of hydrogen-bond acceptors (Lipinski definition) is 4.